The Morgan fingerprint density at radius 3 is 2.00 bits per heavy atom. The van der Waals surface area contributed by atoms with Crippen LogP contribution < -0.4 is 5.32 Å². The van der Waals surface area contributed by atoms with Gasteiger partial charge < -0.3 is 5.32 Å². The lowest BCUT2D eigenvalue weighted by molar-refractivity contribution is -0.127. The van der Waals surface area contributed by atoms with Crippen LogP contribution >= 0.6 is 0 Å². The number of carbonyl (C=O) groups is 1. The van der Waals surface area contributed by atoms with Crippen molar-refractivity contribution in [3.8, 4) is 0 Å². The smallest absolute Gasteiger partial charge is 0.223 e. The summed E-state index contributed by atoms with van der Waals surface area (Å²) in [6.45, 7) is 1.03. The molecule has 0 unspecified atom stereocenters. The fourth-order valence-corrected chi connectivity index (χ4v) is 6.41. The van der Waals surface area contributed by atoms with Gasteiger partial charge in [0.25, 0.3) is 0 Å². The average Bonchev–Trinajstić information content (AvgIpc) is 3.11. The number of amides is 1. The van der Waals surface area contributed by atoms with Crippen LogP contribution in [-0.4, -0.2) is 43.0 Å². The number of hydrogen-bond donors (Lipinski definition) is 1. The first-order chi connectivity index (χ1) is 11.1. The maximum atomic E-state index is 12.6. The Balaban J connectivity index is 1.48. The fraction of sp³-hybridized carbons (Fsp3) is 0.941. The van der Waals surface area contributed by atoms with Crippen LogP contribution in [0, 0.1) is 5.92 Å². The first-order valence-corrected chi connectivity index (χ1v) is 10.9. The van der Waals surface area contributed by atoms with Crippen molar-refractivity contribution in [2.24, 2.45) is 5.92 Å². The normalized spacial score (nSPS) is 26.4. The Kier molecular flexibility index (Phi) is 5.62. The molecular formula is C17H30N2O3S. The van der Waals surface area contributed by atoms with Crippen LogP contribution in [0.15, 0.2) is 0 Å². The van der Waals surface area contributed by atoms with Gasteiger partial charge in [0.15, 0.2) is 0 Å². The van der Waals surface area contributed by atoms with Crippen LogP contribution in [0.3, 0.4) is 0 Å². The highest BCUT2D eigenvalue weighted by molar-refractivity contribution is 7.89. The van der Waals surface area contributed by atoms with Gasteiger partial charge in [-0.1, -0.05) is 32.1 Å². The molecule has 6 heteroatoms. The molecule has 0 spiro atoms. The lowest BCUT2D eigenvalue weighted by Crippen LogP contribution is -2.47. The summed E-state index contributed by atoms with van der Waals surface area (Å²) in [5.74, 6) is 0.141. The topological polar surface area (TPSA) is 66.5 Å². The second kappa shape index (κ2) is 7.51. The summed E-state index contributed by atoms with van der Waals surface area (Å²) < 4.78 is 26.9. The quantitative estimate of drug-likeness (QED) is 0.853. The lowest BCUT2D eigenvalue weighted by atomic mass is 9.93. The molecule has 1 saturated heterocycles. The Hall–Kier alpha value is -0.620. The van der Waals surface area contributed by atoms with Crippen molar-refractivity contribution in [1.29, 1.82) is 0 Å². The number of piperidine rings is 1. The second-order valence-corrected chi connectivity index (χ2v) is 9.68. The minimum absolute atomic E-state index is 0.00745. The monoisotopic (exact) mass is 342 g/mol. The fourth-order valence-electron chi connectivity index (χ4n) is 4.34. The van der Waals surface area contributed by atoms with E-state index in [-0.39, 0.29) is 17.1 Å². The highest BCUT2D eigenvalue weighted by Gasteiger charge is 2.37. The van der Waals surface area contributed by atoms with Gasteiger partial charge in [0, 0.05) is 25.0 Å². The van der Waals surface area contributed by atoms with E-state index in [4.69, 9.17) is 0 Å². The molecule has 0 aromatic heterocycles. The Morgan fingerprint density at radius 1 is 0.826 bits per heavy atom. The van der Waals surface area contributed by atoms with Gasteiger partial charge in [-0.2, -0.15) is 0 Å². The van der Waals surface area contributed by atoms with Crippen molar-refractivity contribution >= 4 is 15.9 Å². The molecule has 5 nitrogen and oxygen atoms in total. The minimum Gasteiger partial charge on any atom is -0.353 e. The molecule has 0 bridgehead atoms. The van der Waals surface area contributed by atoms with Gasteiger partial charge >= 0.3 is 0 Å². The summed E-state index contributed by atoms with van der Waals surface area (Å²) >= 11 is 0. The zero-order valence-corrected chi connectivity index (χ0v) is 14.8. The van der Waals surface area contributed by atoms with Crippen LogP contribution in [0.4, 0.5) is 0 Å². The van der Waals surface area contributed by atoms with Gasteiger partial charge in [-0.3, -0.25) is 4.79 Å². The number of rotatable bonds is 4. The summed E-state index contributed by atoms with van der Waals surface area (Å²) in [6, 6.07) is 0.344. The van der Waals surface area contributed by atoms with Gasteiger partial charge in [-0.15, -0.1) is 0 Å². The first kappa shape index (κ1) is 17.2. The molecule has 2 aliphatic carbocycles. The van der Waals surface area contributed by atoms with Gasteiger partial charge in [-0.05, 0) is 38.5 Å². The summed E-state index contributed by atoms with van der Waals surface area (Å²) in [5.41, 5.74) is 0. The molecule has 0 radical (unpaired) electrons. The molecule has 0 aromatic carbocycles. The number of sulfonamides is 1. The Bertz CT molecular complexity index is 500. The lowest BCUT2D eigenvalue weighted by Gasteiger charge is -2.33. The average molecular weight is 343 g/mol. The third kappa shape index (κ3) is 4.08. The Morgan fingerprint density at radius 2 is 1.39 bits per heavy atom. The number of nitrogens with one attached hydrogen (secondary N) is 1. The van der Waals surface area contributed by atoms with Crippen LogP contribution in [0.2, 0.25) is 0 Å². The zero-order chi connectivity index (χ0) is 16.3. The molecular weight excluding hydrogens is 312 g/mol. The Labute approximate surface area is 140 Å². The van der Waals surface area contributed by atoms with Crippen molar-refractivity contribution in [3.63, 3.8) is 0 Å². The highest BCUT2D eigenvalue weighted by Crippen LogP contribution is 2.30. The van der Waals surface area contributed by atoms with E-state index in [0.29, 0.717) is 32.0 Å². The van der Waals surface area contributed by atoms with Crippen LogP contribution in [-0.2, 0) is 14.8 Å². The van der Waals surface area contributed by atoms with E-state index < -0.39 is 10.0 Å². The largest absolute Gasteiger partial charge is 0.353 e. The van der Waals surface area contributed by atoms with E-state index >= 15 is 0 Å². The minimum atomic E-state index is -3.14. The van der Waals surface area contributed by atoms with E-state index in [1.165, 1.54) is 19.3 Å². The third-order valence-electron chi connectivity index (χ3n) is 5.86. The van der Waals surface area contributed by atoms with Gasteiger partial charge in [0.2, 0.25) is 15.9 Å². The molecule has 3 rings (SSSR count). The maximum absolute atomic E-state index is 12.6. The molecule has 0 aromatic rings. The van der Waals surface area contributed by atoms with Crippen molar-refractivity contribution in [1.82, 2.24) is 9.62 Å². The van der Waals surface area contributed by atoms with Gasteiger partial charge in [0.05, 0.1) is 5.25 Å². The first-order valence-electron chi connectivity index (χ1n) is 9.37. The highest BCUT2D eigenvalue weighted by atomic mass is 32.2. The molecule has 0 atom stereocenters. The molecule has 1 N–H and O–H groups in total. The third-order valence-corrected chi connectivity index (χ3v) is 8.26. The molecule has 23 heavy (non-hydrogen) atoms. The van der Waals surface area contributed by atoms with Crippen LogP contribution in [0.5, 0.6) is 0 Å². The van der Waals surface area contributed by atoms with Crippen molar-refractivity contribution in [3.05, 3.63) is 0 Å². The predicted molar refractivity (Wildman–Crippen MR) is 90.5 cm³/mol. The van der Waals surface area contributed by atoms with E-state index in [9.17, 15) is 13.2 Å². The van der Waals surface area contributed by atoms with E-state index in [1.54, 1.807) is 4.31 Å². The SMILES string of the molecule is O=C(NC1CCCCC1)C1CCN(S(=O)(=O)C2CCCC2)CC1. The molecule has 1 aliphatic heterocycles. The van der Waals surface area contributed by atoms with Crippen molar-refractivity contribution in [2.75, 3.05) is 13.1 Å². The predicted octanol–water partition coefficient (Wildman–Crippen LogP) is 2.42. The summed E-state index contributed by atoms with van der Waals surface area (Å²) in [5, 5.41) is 3.02. The molecule has 132 valence electrons. The molecule has 2 saturated carbocycles. The maximum Gasteiger partial charge on any atom is 0.223 e. The van der Waals surface area contributed by atoms with E-state index in [1.807, 2.05) is 0 Å². The van der Waals surface area contributed by atoms with Crippen molar-refractivity contribution < 1.29 is 13.2 Å². The van der Waals surface area contributed by atoms with Crippen LogP contribution in [0.25, 0.3) is 0 Å². The number of nitrogens with zero attached hydrogens (tertiary/aromatic N) is 1. The summed E-state index contributed by atoms with van der Waals surface area (Å²) in [7, 11) is -3.14. The summed E-state index contributed by atoms with van der Waals surface area (Å²) in [4.78, 5) is 12.4. The molecule has 3 aliphatic rings. The molecule has 1 heterocycles. The van der Waals surface area contributed by atoms with Crippen LogP contribution in [0.1, 0.15) is 70.6 Å². The second-order valence-electron chi connectivity index (χ2n) is 7.47. The zero-order valence-electron chi connectivity index (χ0n) is 14.0. The standard InChI is InChI=1S/C17H30N2O3S/c20-17(18-15-6-2-1-3-7-15)14-10-12-19(13-11-14)23(21,22)16-8-4-5-9-16/h14-16H,1-13H2,(H,18,20). The number of hydrogen-bond acceptors (Lipinski definition) is 3. The van der Waals surface area contributed by atoms with Gasteiger partial charge in [0.1, 0.15) is 0 Å². The van der Waals surface area contributed by atoms with E-state index in [2.05, 4.69) is 5.32 Å². The summed E-state index contributed by atoms with van der Waals surface area (Å²) in [6.07, 6.45) is 10.9. The van der Waals surface area contributed by atoms with Gasteiger partial charge in [-0.25, -0.2) is 12.7 Å². The molecule has 3 fully saturated rings. The van der Waals surface area contributed by atoms with E-state index in [0.717, 1.165) is 38.5 Å². The molecule has 1 amide bonds. The van der Waals surface area contributed by atoms with Crippen molar-refractivity contribution in [2.45, 2.75) is 81.9 Å². The number of carbonyl (C=O) groups excluding carboxylic acids is 1.